The lowest BCUT2D eigenvalue weighted by Crippen LogP contribution is -2.06. The van der Waals surface area contributed by atoms with Crippen LogP contribution in [0.1, 0.15) is 54.9 Å². The maximum absolute atomic E-state index is 11.2. The zero-order valence-corrected chi connectivity index (χ0v) is 18.0. The molecule has 2 aromatic carbocycles. The van der Waals surface area contributed by atoms with Crippen LogP contribution in [0.5, 0.6) is 0 Å². The van der Waals surface area contributed by atoms with E-state index in [9.17, 15) is 9.59 Å². The number of carboxylic acids is 1. The zero-order chi connectivity index (χ0) is 21.7. The molecule has 2 aromatic rings. The Bertz CT molecular complexity index is 915. The number of allylic oxidation sites excluding steroid dienone is 3. The van der Waals surface area contributed by atoms with Gasteiger partial charge in [-0.2, -0.15) is 0 Å². The molecule has 0 amide bonds. The molecule has 0 aliphatic heterocycles. The Labute approximate surface area is 179 Å². The molecule has 2 aliphatic carbocycles. The normalized spacial score (nSPS) is 20.1. The highest BCUT2D eigenvalue weighted by Crippen LogP contribution is 2.33. The van der Waals surface area contributed by atoms with Crippen molar-refractivity contribution in [2.45, 2.75) is 46.5 Å². The Morgan fingerprint density at radius 2 is 1.27 bits per heavy atom. The van der Waals surface area contributed by atoms with Gasteiger partial charge < -0.3 is 5.11 Å². The number of aliphatic carboxylic acids is 1. The second-order valence-electron chi connectivity index (χ2n) is 8.36. The molecular weight excluding hydrogens is 372 g/mol. The van der Waals surface area contributed by atoms with Gasteiger partial charge in [0.2, 0.25) is 0 Å². The van der Waals surface area contributed by atoms with E-state index < -0.39 is 5.97 Å². The van der Waals surface area contributed by atoms with Gasteiger partial charge in [0.25, 0.3) is 0 Å². The monoisotopic (exact) mass is 402 g/mol. The first-order valence-corrected chi connectivity index (χ1v) is 10.6. The molecule has 0 aromatic heterocycles. The average molecular weight is 403 g/mol. The number of carbonyl (C=O) groups excluding carboxylic acids is 1. The van der Waals surface area contributed by atoms with E-state index >= 15 is 0 Å². The predicted octanol–water partition coefficient (Wildman–Crippen LogP) is 6.25. The Hall–Kier alpha value is -2.94. The number of aryl methyl sites for hydroxylation is 2. The Morgan fingerprint density at radius 1 is 0.800 bits per heavy atom. The minimum Gasteiger partial charge on any atom is -0.481 e. The van der Waals surface area contributed by atoms with Crippen LogP contribution in [0.2, 0.25) is 0 Å². The Balaban J connectivity index is 0.000000171. The van der Waals surface area contributed by atoms with Gasteiger partial charge in [0.1, 0.15) is 5.78 Å². The molecule has 0 unspecified atom stereocenters. The molecule has 0 fully saturated rings. The maximum atomic E-state index is 11.2. The number of benzene rings is 2. The van der Waals surface area contributed by atoms with Crippen molar-refractivity contribution < 1.29 is 14.7 Å². The third kappa shape index (κ3) is 5.56. The number of carbonyl (C=O) groups is 2. The highest BCUT2D eigenvalue weighted by molar-refractivity contribution is 5.84. The molecule has 30 heavy (non-hydrogen) atoms. The van der Waals surface area contributed by atoms with Crippen LogP contribution in [0.4, 0.5) is 0 Å². The van der Waals surface area contributed by atoms with Crippen LogP contribution in [-0.4, -0.2) is 16.9 Å². The molecule has 0 spiro atoms. The topological polar surface area (TPSA) is 54.4 Å². The molecule has 3 heteroatoms. The Kier molecular flexibility index (Phi) is 7.04. The SMILES string of the molecule is CC(=O)[C@H]1C=C(c2cccc(C)c2)CC1.Cc1cccc(C2=C[C@H](C(=O)O)CC2)c1. The van der Waals surface area contributed by atoms with Crippen LogP contribution in [0.15, 0.2) is 60.7 Å². The summed E-state index contributed by atoms with van der Waals surface area (Å²) in [7, 11) is 0. The molecule has 0 radical (unpaired) electrons. The summed E-state index contributed by atoms with van der Waals surface area (Å²) >= 11 is 0. The molecule has 0 heterocycles. The number of rotatable bonds is 4. The van der Waals surface area contributed by atoms with Gasteiger partial charge in [-0.1, -0.05) is 71.8 Å². The Morgan fingerprint density at radius 3 is 1.63 bits per heavy atom. The fourth-order valence-corrected chi connectivity index (χ4v) is 4.13. The van der Waals surface area contributed by atoms with E-state index in [2.05, 4.69) is 43.3 Å². The van der Waals surface area contributed by atoms with E-state index in [-0.39, 0.29) is 17.6 Å². The lowest BCUT2D eigenvalue weighted by molar-refractivity contribution is -0.140. The first-order chi connectivity index (χ1) is 14.3. The van der Waals surface area contributed by atoms with Crippen molar-refractivity contribution in [3.8, 4) is 0 Å². The summed E-state index contributed by atoms with van der Waals surface area (Å²) in [6.07, 6.45) is 7.65. The fourth-order valence-electron chi connectivity index (χ4n) is 4.13. The van der Waals surface area contributed by atoms with E-state index in [0.717, 1.165) is 25.7 Å². The van der Waals surface area contributed by atoms with Crippen LogP contribution < -0.4 is 0 Å². The summed E-state index contributed by atoms with van der Waals surface area (Å²) in [5.74, 6) is -0.559. The lowest BCUT2D eigenvalue weighted by atomic mass is 10.0. The standard InChI is InChI=1S/C14H16O.C13H14O2/c1-10-4-3-5-13(8-10)14-7-6-12(9-14)11(2)15;1-9-3-2-4-10(7-9)11-5-6-12(8-11)13(14)15/h3-5,8-9,12H,6-7H2,1-2H3;2-4,7-8,12H,5-6H2,1H3,(H,14,15)/t2*12-/m11/s1. The molecule has 3 nitrogen and oxygen atoms in total. The molecule has 2 atom stereocenters. The van der Waals surface area contributed by atoms with E-state index in [0.29, 0.717) is 0 Å². The van der Waals surface area contributed by atoms with E-state index in [1.165, 1.54) is 33.4 Å². The van der Waals surface area contributed by atoms with Gasteiger partial charge in [0.15, 0.2) is 0 Å². The fraction of sp³-hybridized carbons (Fsp3) is 0.333. The summed E-state index contributed by atoms with van der Waals surface area (Å²) in [4.78, 5) is 22.0. The lowest BCUT2D eigenvalue weighted by Gasteiger charge is -2.02. The average Bonchev–Trinajstić information content (AvgIpc) is 3.39. The van der Waals surface area contributed by atoms with Gasteiger partial charge in [0.05, 0.1) is 5.92 Å². The zero-order valence-electron chi connectivity index (χ0n) is 18.0. The van der Waals surface area contributed by atoms with E-state index in [1.807, 2.05) is 31.2 Å². The van der Waals surface area contributed by atoms with Crippen molar-refractivity contribution in [3.63, 3.8) is 0 Å². The van der Waals surface area contributed by atoms with Gasteiger partial charge in [-0.3, -0.25) is 9.59 Å². The smallest absolute Gasteiger partial charge is 0.310 e. The molecule has 0 saturated heterocycles. The number of hydrogen-bond acceptors (Lipinski definition) is 2. The summed E-state index contributed by atoms with van der Waals surface area (Å²) in [6, 6.07) is 16.7. The van der Waals surface area contributed by atoms with Gasteiger partial charge >= 0.3 is 5.97 Å². The molecular formula is C27H30O3. The number of carboxylic acid groups (broad SMARTS) is 1. The van der Waals surface area contributed by atoms with Crippen LogP contribution in [-0.2, 0) is 9.59 Å². The van der Waals surface area contributed by atoms with Crippen LogP contribution in [0, 0.1) is 25.7 Å². The number of ketones is 1. The molecule has 0 bridgehead atoms. The van der Waals surface area contributed by atoms with Gasteiger partial charge in [0, 0.05) is 5.92 Å². The maximum Gasteiger partial charge on any atom is 0.310 e. The first kappa shape index (κ1) is 21.8. The van der Waals surface area contributed by atoms with Crippen molar-refractivity contribution >= 4 is 22.9 Å². The highest BCUT2D eigenvalue weighted by atomic mass is 16.4. The molecule has 156 valence electrons. The van der Waals surface area contributed by atoms with Gasteiger partial charge in [-0.05, 0) is 68.7 Å². The first-order valence-electron chi connectivity index (χ1n) is 10.6. The summed E-state index contributed by atoms with van der Waals surface area (Å²) < 4.78 is 0. The molecule has 2 aliphatic rings. The molecule has 4 rings (SSSR count). The van der Waals surface area contributed by atoms with E-state index in [1.54, 1.807) is 6.92 Å². The summed E-state index contributed by atoms with van der Waals surface area (Å²) in [5.41, 5.74) is 7.44. The molecule has 1 N–H and O–H groups in total. The minimum atomic E-state index is -0.711. The highest BCUT2D eigenvalue weighted by Gasteiger charge is 2.22. The summed E-state index contributed by atoms with van der Waals surface area (Å²) in [6.45, 7) is 5.83. The van der Waals surface area contributed by atoms with Crippen LogP contribution >= 0.6 is 0 Å². The third-order valence-electron chi connectivity index (χ3n) is 5.87. The van der Waals surface area contributed by atoms with Crippen molar-refractivity contribution in [1.29, 1.82) is 0 Å². The predicted molar refractivity (Wildman–Crippen MR) is 122 cm³/mol. The number of hydrogen-bond donors (Lipinski definition) is 1. The second kappa shape index (κ2) is 9.71. The van der Waals surface area contributed by atoms with E-state index in [4.69, 9.17) is 5.11 Å². The van der Waals surface area contributed by atoms with Crippen molar-refractivity contribution in [2.24, 2.45) is 11.8 Å². The van der Waals surface area contributed by atoms with Gasteiger partial charge in [-0.15, -0.1) is 0 Å². The van der Waals surface area contributed by atoms with Gasteiger partial charge in [-0.25, -0.2) is 0 Å². The van der Waals surface area contributed by atoms with Crippen LogP contribution in [0.3, 0.4) is 0 Å². The largest absolute Gasteiger partial charge is 0.481 e. The van der Waals surface area contributed by atoms with Crippen molar-refractivity contribution in [1.82, 2.24) is 0 Å². The van der Waals surface area contributed by atoms with Crippen molar-refractivity contribution in [3.05, 3.63) is 82.9 Å². The summed E-state index contributed by atoms with van der Waals surface area (Å²) in [5, 5.41) is 8.89. The quantitative estimate of drug-likeness (QED) is 0.657. The minimum absolute atomic E-state index is 0.153. The second-order valence-corrected chi connectivity index (χ2v) is 8.36. The number of Topliss-reactive ketones (excluding diaryl/α,β-unsaturated/α-hetero) is 1. The third-order valence-corrected chi connectivity index (χ3v) is 5.87. The molecule has 0 saturated carbocycles. The van der Waals surface area contributed by atoms with Crippen LogP contribution in [0.25, 0.3) is 11.1 Å². The van der Waals surface area contributed by atoms with Crippen molar-refractivity contribution in [2.75, 3.05) is 0 Å².